The van der Waals surface area contributed by atoms with Crippen LogP contribution in [-0.2, 0) is 0 Å². The van der Waals surface area contributed by atoms with Crippen LogP contribution in [0.5, 0.6) is 11.5 Å². The van der Waals surface area contributed by atoms with Gasteiger partial charge in [0.25, 0.3) is 5.22 Å². The van der Waals surface area contributed by atoms with Crippen molar-refractivity contribution in [1.82, 2.24) is 10.2 Å². The highest BCUT2D eigenvalue weighted by atomic mass is 32.2. The van der Waals surface area contributed by atoms with Crippen LogP contribution in [0.1, 0.15) is 17.3 Å². The molecular weight excluding hydrogens is 352 g/mol. The van der Waals surface area contributed by atoms with E-state index < -0.39 is 0 Å². The number of hydrogen-bond acceptors (Lipinski definition) is 7. The molecule has 0 radical (unpaired) electrons. The second kappa shape index (κ2) is 8.05. The SMILES string of the molecule is COc1ccc(C(=O)C(C)Sc2nnc(-c3ccc(OC)cc3)o2)cc1. The van der Waals surface area contributed by atoms with Gasteiger partial charge in [-0.15, -0.1) is 10.2 Å². The van der Waals surface area contributed by atoms with Crippen LogP contribution in [0.15, 0.2) is 58.2 Å². The molecule has 0 amide bonds. The number of ketones is 1. The summed E-state index contributed by atoms with van der Waals surface area (Å²) in [7, 11) is 3.20. The highest BCUT2D eigenvalue weighted by Gasteiger charge is 2.20. The van der Waals surface area contributed by atoms with E-state index in [0.29, 0.717) is 22.4 Å². The molecule has 1 unspecified atom stereocenters. The first-order valence-corrected chi connectivity index (χ1v) is 8.81. The molecule has 0 saturated heterocycles. The Bertz CT molecular complexity index is 875. The quantitative estimate of drug-likeness (QED) is 0.457. The number of nitrogens with zero attached hydrogens (tertiary/aromatic N) is 2. The topological polar surface area (TPSA) is 74.5 Å². The van der Waals surface area contributed by atoms with Gasteiger partial charge in [-0.25, -0.2) is 0 Å². The Morgan fingerprint density at radius 3 is 2.12 bits per heavy atom. The van der Waals surface area contributed by atoms with Gasteiger partial charge in [0.1, 0.15) is 11.5 Å². The number of aromatic nitrogens is 2. The second-order valence-electron chi connectivity index (χ2n) is 5.45. The summed E-state index contributed by atoms with van der Waals surface area (Å²) in [4.78, 5) is 12.5. The zero-order chi connectivity index (χ0) is 18.5. The number of rotatable bonds is 7. The first-order chi connectivity index (χ1) is 12.6. The van der Waals surface area contributed by atoms with E-state index in [9.17, 15) is 4.79 Å². The van der Waals surface area contributed by atoms with Gasteiger partial charge in [-0.1, -0.05) is 11.8 Å². The summed E-state index contributed by atoms with van der Waals surface area (Å²) in [5.74, 6) is 1.85. The molecule has 0 saturated carbocycles. The highest BCUT2D eigenvalue weighted by Crippen LogP contribution is 2.28. The van der Waals surface area contributed by atoms with Gasteiger partial charge in [0, 0.05) is 11.1 Å². The zero-order valence-electron chi connectivity index (χ0n) is 14.6. The maximum absolute atomic E-state index is 12.5. The Hall–Kier alpha value is -2.80. The van der Waals surface area contributed by atoms with E-state index in [2.05, 4.69) is 10.2 Å². The summed E-state index contributed by atoms with van der Waals surface area (Å²) in [5, 5.41) is 8.06. The molecule has 3 rings (SSSR count). The average Bonchev–Trinajstić information content (AvgIpc) is 3.16. The molecule has 134 valence electrons. The Morgan fingerprint density at radius 2 is 1.54 bits per heavy atom. The lowest BCUT2D eigenvalue weighted by Gasteiger charge is -2.08. The number of carbonyl (C=O) groups is 1. The van der Waals surface area contributed by atoms with E-state index in [4.69, 9.17) is 13.9 Å². The van der Waals surface area contributed by atoms with Crippen molar-refractivity contribution in [2.24, 2.45) is 0 Å². The predicted molar refractivity (Wildman–Crippen MR) is 98.9 cm³/mol. The second-order valence-corrected chi connectivity index (χ2v) is 6.75. The van der Waals surface area contributed by atoms with E-state index in [1.165, 1.54) is 11.8 Å². The lowest BCUT2D eigenvalue weighted by Crippen LogP contribution is -2.13. The molecule has 0 aliphatic carbocycles. The minimum Gasteiger partial charge on any atom is -0.497 e. The van der Waals surface area contributed by atoms with Crippen molar-refractivity contribution in [2.45, 2.75) is 17.4 Å². The molecule has 0 aliphatic heterocycles. The van der Waals surface area contributed by atoms with Crippen molar-refractivity contribution in [1.29, 1.82) is 0 Å². The van der Waals surface area contributed by atoms with Crippen LogP contribution in [-0.4, -0.2) is 35.5 Å². The third kappa shape index (κ3) is 4.05. The van der Waals surface area contributed by atoms with E-state index >= 15 is 0 Å². The highest BCUT2D eigenvalue weighted by molar-refractivity contribution is 8.00. The monoisotopic (exact) mass is 370 g/mol. The lowest BCUT2D eigenvalue weighted by atomic mass is 10.1. The fourth-order valence-corrected chi connectivity index (χ4v) is 3.06. The van der Waals surface area contributed by atoms with E-state index in [-0.39, 0.29) is 11.0 Å². The molecule has 1 aromatic heterocycles. The first kappa shape index (κ1) is 18.0. The third-order valence-electron chi connectivity index (χ3n) is 3.76. The van der Waals surface area contributed by atoms with Crippen LogP contribution in [0.4, 0.5) is 0 Å². The standard InChI is InChI=1S/C19H18N2O4S/c1-12(17(22)13-4-8-15(23-2)9-5-13)26-19-21-20-18(25-19)14-6-10-16(24-3)11-7-14/h4-12H,1-3H3. The Morgan fingerprint density at radius 1 is 0.962 bits per heavy atom. The van der Waals surface area contributed by atoms with Crippen LogP contribution >= 0.6 is 11.8 Å². The minimum absolute atomic E-state index is 0.0122. The van der Waals surface area contributed by atoms with Crippen molar-refractivity contribution >= 4 is 17.5 Å². The summed E-state index contributed by atoms with van der Waals surface area (Å²) < 4.78 is 15.9. The molecule has 6 nitrogen and oxygen atoms in total. The van der Waals surface area contributed by atoms with Gasteiger partial charge in [-0.2, -0.15) is 0 Å². The number of thioether (sulfide) groups is 1. The number of ether oxygens (including phenoxy) is 2. The fourth-order valence-electron chi connectivity index (χ4n) is 2.30. The van der Waals surface area contributed by atoms with Crippen molar-refractivity contribution in [3.05, 3.63) is 54.1 Å². The smallest absolute Gasteiger partial charge is 0.277 e. The van der Waals surface area contributed by atoms with Gasteiger partial charge in [0.15, 0.2) is 5.78 Å². The summed E-state index contributed by atoms with van der Waals surface area (Å²) in [6, 6.07) is 14.3. The molecule has 26 heavy (non-hydrogen) atoms. The van der Waals surface area contributed by atoms with Crippen LogP contribution in [0, 0.1) is 0 Å². The molecule has 2 aromatic carbocycles. The van der Waals surface area contributed by atoms with Gasteiger partial charge < -0.3 is 13.9 Å². The molecule has 0 bridgehead atoms. The lowest BCUT2D eigenvalue weighted by molar-refractivity contribution is 0.0993. The van der Waals surface area contributed by atoms with E-state index in [1.54, 1.807) is 38.5 Å². The molecule has 7 heteroatoms. The normalized spacial score (nSPS) is 11.8. The van der Waals surface area contributed by atoms with Crippen molar-refractivity contribution in [3.63, 3.8) is 0 Å². The predicted octanol–water partition coefficient (Wildman–Crippen LogP) is 4.12. The van der Waals surface area contributed by atoms with Crippen molar-refractivity contribution in [2.75, 3.05) is 14.2 Å². The maximum Gasteiger partial charge on any atom is 0.277 e. The van der Waals surface area contributed by atoms with Gasteiger partial charge in [0.2, 0.25) is 5.89 Å². The maximum atomic E-state index is 12.5. The first-order valence-electron chi connectivity index (χ1n) is 7.93. The Balaban J connectivity index is 1.68. The Labute approximate surface area is 155 Å². The molecule has 0 N–H and O–H groups in total. The third-order valence-corrected chi connectivity index (χ3v) is 4.70. The summed E-state index contributed by atoms with van der Waals surface area (Å²) >= 11 is 1.23. The zero-order valence-corrected chi connectivity index (χ0v) is 15.4. The van der Waals surface area contributed by atoms with Gasteiger partial charge in [-0.05, 0) is 55.5 Å². The summed E-state index contributed by atoms with van der Waals surface area (Å²) in [5.41, 5.74) is 1.40. The van der Waals surface area contributed by atoms with Crippen LogP contribution in [0.2, 0.25) is 0 Å². The fraction of sp³-hybridized carbons (Fsp3) is 0.211. The van der Waals surface area contributed by atoms with Crippen LogP contribution < -0.4 is 9.47 Å². The Kier molecular flexibility index (Phi) is 5.58. The van der Waals surface area contributed by atoms with Gasteiger partial charge in [-0.3, -0.25) is 4.79 Å². The van der Waals surface area contributed by atoms with Crippen molar-refractivity contribution < 1.29 is 18.7 Å². The molecule has 3 aromatic rings. The average molecular weight is 370 g/mol. The molecule has 1 heterocycles. The summed E-state index contributed by atoms with van der Waals surface area (Å²) in [6.45, 7) is 1.81. The molecular formula is C19H18N2O4S. The van der Waals surface area contributed by atoms with Gasteiger partial charge in [0.05, 0.1) is 19.5 Å². The van der Waals surface area contributed by atoms with Crippen molar-refractivity contribution in [3.8, 4) is 23.0 Å². The molecule has 1 atom stereocenters. The van der Waals surface area contributed by atoms with E-state index in [1.807, 2.05) is 31.2 Å². The number of methoxy groups -OCH3 is 2. The van der Waals surface area contributed by atoms with Crippen LogP contribution in [0.25, 0.3) is 11.5 Å². The van der Waals surface area contributed by atoms with Crippen LogP contribution in [0.3, 0.4) is 0 Å². The largest absolute Gasteiger partial charge is 0.497 e. The van der Waals surface area contributed by atoms with E-state index in [0.717, 1.165) is 11.3 Å². The number of benzene rings is 2. The number of Topliss-reactive ketones (excluding diaryl/α,β-unsaturated/α-hetero) is 1. The minimum atomic E-state index is -0.354. The van der Waals surface area contributed by atoms with Gasteiger partial charge >= 0.3 is 0 Å². The molecule has 0 fully saturated rings. The summed E-state index contributed by atoms with van der Waals surface area (Å²) in [6.07, 6.45) is 0. The number of carbonyl (C=O) groups excluding carboxylic acids is 1. The molecule has 0 spiro atoms. The molecule has 0 aliphatic rings. The number of hydrogen-bond donors (Lipinski definition) is 0.